The van der Waals surface area contributed by atoms with Crippen LogP contribution in [-0.4, -0.2) is 59.6 Å². The summed E-state index contributed by atoms with van der Waals surface area (Å²) in [5.74, 6) is -0.495. The predicted molar refractivity (Wildman–Crippen MR) is 113 cm³/mol. The number of nitrogens with two attached hydrogens (primary N) is 1. The molecule has 3 N–H and O–H groups in total. The molecule has 0 unspecified atom stereocenters. The minimum atomic E-state index is -0.392. The fourth-order valence-corrected chi connectivity index (χ4v) is 3.24. The number of carbonyl (C=O) groups excluding carboxylic acids is 2. The minimum Gasteiger partial charge on any atom is -0.474 e. The number of benzene rings is 1. The summed E-state index contributed by atoms with van der Waals surface area (Å²) in [6.07, 6.45) is 0.603. The Morgan fingerprint density at radius 1 is 1.23 bits per heavy atom. The number of halogens is 1. The molecule has 1 fully saturated rings. The number of esters is 1. The van der Waals surface area contributed by atoms with Crippen molar-refractivity contribution in [3.63, 3.8) is 0 Å². The number of nitrogen functional groups attached to an aromatic ring is 1. The lowest BCUT2D eigenvalue weighted by molar-refractivity contribution is -0.144. The van der Waals surface area contributed by atoms with Crippen molar-refractivity contribution in [2.45, 2.75) is 18.9 Å². The van der Waals surface area contributed by atoms with E-state index in [1.165, 1.54) is 7.11 Å². The first-order valence-corrected chi connectivity index (χ1v) is 9.14. The van der Waals surface area contributed by atoms with Gasteiger partial charge in [0.2, 0.25) is 11.8 Å². The first kappa shape index (κ1) is 23.1. The Bertz CT molecular complexity index is 904. The van der Waals surface area contributed by atoms with E-state index >= 15 is 0 Å². The Morgan fingerprint density at radius 3 is 2.50 bits per heavy atom. The molecular formula is C20H24ClN5O4. The van der Waals surface area contributed by atoms with Gasteiger partial charge in [0.1, 0.15) is 12.4 Å². The number of likely N-dealkylation sites (N-methyl/N-ethyl adjacent to an activating group) is 1. The van der Waals surface area contributed by atoms with Gasteiger partial charge in [-0.25, -0.2) is 0 Å². The smallest absolute Gasteiger partial charge is 0.306 e. The highest BCUT2D eigenvalue weighted by Gasteiger charge is 2.38. The predicted octanol–water partition coefficient (Wildman–Crippen LogP) is 1.64. The Morgan fingerprint density at radius 2 is 1.93 bits per heavy atom. The topological polar surface area (TPSA) is 131 Å². The molecule has 0 aliphatic carbocycles. The summed E-state index contributed by atoms with van der Waals surface area (Å²) < 4.78 is 10.4. The first-order chi connectivity index (χ1) is 13.9. The summed E-state index contributed by atoms with van der Waals surface area (Å²) in [5, 5.41) is 15.7. The molecule has 160 valence electrons. The summed E-state index contributed by atoms with van der Waals surface area (Å²) in [5.41, 5.74) is 7.61. The summed E-state index contributed by atoms with van der Waals surface area (Å²) in [7, 11) is 3.01. The van der Waals surface area contributed by atoms with Crippen LogP contribution in [0.5, 0.6) is 5.88 Å². The monoisotopic (exact) mass is 433 g/mol. The number of amides is 1. The molecule has 0 saturated carbocycles. The highest BCUT2D eigenvalue weighted by atomic mass is 35.5. The average Bonchev–Trinajstić information content (AvgIpc) is 3.00. The minimum absolute atomic E-state index is 0. The second-order valence-corrected chi connectivity index (χ2v) is 6.87. The molecule has 1 aliphatic rings. The van der Waals surface area contributed by atoms with Gasteiger partial charge < -0.3 is 20.1 Å². The quantitative estimate of drug-likeness (QED) is 0.385. The van der Waals surface area contributed by atoms with Gasteiger partial charge in [-0.2, -0.15) is 0 Å². The van der Waals surface area contributed by atoms with Crippen LogP contribution >= 0.6 is 12.4 Å². The van der Waals surface area contributed by atoms with Gasteiger partial charge >= 0.3 is 5.97 Å². The largest absolute Gasteiger partial charge is 0.474 e. The summed E-state index contributed by atoms with van der Waals surface area (Å²) in [6.45, 7) is 0.265. The first-order valence-electron chi connectivity index (χ1n) is 9.14. The fourth-order valence-electron chi connectivity index (χ4n) is 3.24. The molecule has 3 rings (SSSR count). The molecule has 0 bridgehead atoms. The van der Waals surface area contributed by atoms with Crippen LogP contribution in [0.3, 0.4) is 0 Å². The lowest BCUT2D eigenvalue weighted by Gasteiger charge is -2.19. The number of hydrogen-bond donors (Lipinski definition) is 2. The molecule has 2 aromatic rings. The van der Waals surface area contributed by atoms with Gasteiger partial charge in [-0.15, -0.1) is 22.6 Å². The fraction of sp³-hybridized carbons (Fsp3) is 0.350. The number of aromatic nitrogens is 2. The van der Waals surface area contributed by atoms with Gasteiger partial charge in [0.15, 0.2) is 0 Å². The van der Waals surface area contributed by atoms with Gasteiger partial charge in [0.25, 0.3) is 0 Å². The number of ether oxygens (including phenoxy) is 2. The molecule has 1 aromatic carbocycles. The number of hydrogen-bond acceptors (Lipinski definition) is 7. The van der Waals surface area contributed by atoms with Crippen molar-refractivity contribution < 1.29 is 19.1 Å². The summed E-state index contributed by atoms with van der Waals surface area (Å²) in [4.78, 5) is 25.3. The Hall–Kier alpha value is -3.20. The molecule has 30 heavy (non-hydrogen) atoms. The van der Waals surface area contributed by atoms with E-state index in [-0.39, 0.29) is 49.1 Å². The number of methoxy groups -OCH3 is 1. The number of likely N-dealkylation sites (tertiary alicyclic amines) is 1. The van der Waals surface area contributed by atoms with Crippen molar-refractivity contribution in [2.24, 2.45) is 11.7 Å². The molecular weight excluding hydrogens is 410 g/mol. The zero-order valence-corrected chi connectivity index (χ0v) is 17.5. The van der Waals surface area contributed by atoms with Crippen molar-refractivity contribution in [2.75, 3.05) is 20.8 Å². The van der Waals surface area contributed by atoms with E-state index in [1.807, 2.05) is 12.1 Å². The zero-order valence-electron chi connectivity index (χ0n) is 16.7. The molecule has 1 saturated heterocycles. The third-order valence-corrected chi connectivity index (χ3v) is 5.00. The maximum Gasteiger partial charge on any atom is 0.306 e. The van der Waals surface area contributed by atoms with Crippen LogP contribution in [0.4, 0.5) is 0 Å². The van der Waals surface area contributed by atoms with E-state index in [0.29, 0.717) is 23.6 Å². The maximum atomic E-state index is 12.3. The van der Waals surface area contributed by atoms with Gasteiger partial charge in [0.05, 0.1) is 31.2 Å². The number of rotatable bonds is 7. The molecule has 2 heterocycles. The van der Waals surface area contributed by atoms with Crippen LogP contribution in [0.2, 0.25) is 0 Å². The van der Waals surface area contributed by atoms with Crippen molar-refractivity contribution in [1.29, 1.82) is 5.41 Å². The van der Waals surface area contributed by atoms with Crippen molar-refractivity contribution in [1.82, 2.24) is 15.1 Å². The highest BCUT2D eigenvalue weighted by molar-refractivity contribution is 5.95. The molecule has 0 spiro atoms. The number of nitrogens with one attached hydrogen (secondary N) is 1. The molecule has 1 aliphatic heterocycles. The molecule has 0 radical (unpaired) electrons. The van der Waals surface area contributed by atoms with Crippen molar-refractivity contribution >= 4 is 30.1 Å². The average molecular weight is 434 g/mol. The van der Waals surface area contributed by atoms with Crippen molar-refractivity contribution in [3.05, 3.63) is 42.0 Å². The second kappa shape index (κ2) is 10.0. The summed E-state index contributed by atoms with van der Waals surface area (Å²) in [6, 6.07) is 10.5. The maximum absolute atomic E-state index is 12.3. The van der Waals surface area contributed by atoms with Crippen LogP contribution in [0.1, 0.15) is 18.4 Å². The van der Waals surface area contributed by atoms with E-state index < -0.39 is 5.97 Å². The molecule has 1 aromatic heterocycles. The van der Waals surface area contributed by atoms with Crippen molar-refractivity contribution in [3.8, 4) is 17.1 Å². The van der Waals surface area contributed by atoms with E-state index in [9.17, 15) is 9.59 Å². The van der Waals surface area contributed by atoms with Gasteiger partial charge in [-0.3, -0.25) is 15.0 Å². The molecule has 2 atom stereocenters. The van der Waals surface area contributed by atoms with Crippen LogP contribution in [0.15, 0.2) is 36.4 Å². The Balaban J connectivity index is 0.00000320. The molecule has 9 nitrogen and oxygen atoms in total. The lowest BCUT2D eigenvalue weighted by atomic mass is 10.0. The number of carbonyl (C=O) groups is 2. The van der Waals surface area contributed by atoms with Crippen LogP contribution in [-0.2, 0) is 14.3 Å². The standard InChI is InChI=1S/C20H23N5O4.ClH/c1-25-15(9-14(20(25)27)10-18(26)28-2)11-29-17-8-7-16(23-24-17)12-3-5-13(6-4-12)19(21)22;/h3-8,14-15H,9-11H2,1-2H3,(H3,21,22);1H/t14-,15-;/m0./s1. The van der Waals surface area contributed by atoms with E-state index in [0.717, 1.165) is 5.56 Å². The number of amidine groups is 1. The SMILES string of the molecule is COC(=O)C[C@@H]1C[C@@H](COc2ccc(-c3ccc(C(=N)N)cc3)nn2)N(C)C1=O.Cl. The Labute approximate surface area is 180 Å². The third kappa shape index (κ3) is 5.24. The Kier molecular flexibility index (Phi) is 7.71. The number of nitrogens with zero attached hydrogens (tertiary/aromatic N) is 3. The second-order valence-electron chi connectivity index (χ2n) is 6.87. The summed E-state index contributed by atoms with van der Waals surface area (Å²) >= 11 is 0. The van der Waals surface area contributed by atoms with E-state index in [4.69, 9.17) is 15.9 Å². The van der Waals surface area contributed by atoms with Crippen LogP contribution < -0.4 is 10.5 Å². The third-order valence-electron chi connectivity index (χ3n) is 5.00. The van der Waals surface area contributed by atoms with E-state index in [1.54, 1.807) is 36.2 Å². The lowest BCUT2D eigenvalue weighted by Crippen LogP contribution is -2.34. The van der Waals surface area contributed by atoms with E-state index in [2.05, 4.69) is 14.9 Å². The van der Waals surface area contributed by atoms with Gasteiger partial charge in [0, 0.05) is 24.2 Å². The molecule has 1 amide bonds. The van der Waals surface area contributed by atoms with Gasteiger partial charge in [-0.05, 0) is 12.5 Å². The molecule has 10 heteroatoms. The highest BCUT2D eigenvalue weighted by Crippen LogP contribution is 2.27. The van der Waals surface area contributed by atoms with Gasteiger partial charge in [-0.1, -0.05) is 24.3 Å². The van der Waals surface area contributed by atoms with Crippen LogP contribution in [0, 0.1) is 11.3 Å². The van der Waals surface area contributed by atoms with Crippen LogP contribution in [0.25, 0.3) is 11.3 Å². The normalized spacial score (nSPS) is 17.9. The zero-order chi connectivity index (χ0) is 21.0.